The van der Waals surface area contributed by atoms with E-state index >= 15 is 0 Å². The minimum Gasteiger partial charge on any atom is -0.363 e. The second-order valence-electron chi connectivity index (χ2n) is 4.78. The Morgan fingerprint density at radius 2 is 2.24 bits per heavy atom. The zero-order chi connectivity index (χ0) is 15.8. The molecule has 1 aliphatic heterocycles. The van der Waals surface area contributed by atoms with Crippen molar-refractivity contribution in [3.63, 3.8) is 0 Å². The minimum atomic E-state index is -4.33. The third kappa shape index (κ3) is 3.67. The van der Waals surface area contributed by atoms with E-state index in [1.54, 1.807) is 0 Å². The second kappa shape index (κ2) is 5.48. The minimum absolute atomic E-state index is 0.152. The Morgan fingerprint density at radius 1 is 1.57 bits per heavy atom. The lowest BCUT2D eigenvalue weighted by Crippen LogP contribution is -2.44. The molecule has 1 aliphatic rings. The summed E-state index contributed by atoms with van der Waals surface area (Å²) in [5.41, 5.74) is -1.23. The molecule has 0 amide bonds. The molecule has 0 radical (unpaired) electrons. The van der Waals surface area contributed by atoms with Crippen LogP contribution in [0.4, 0.5) is 0 Å². The van der Waals surface area contributed by atoms with Crippen LogP contribution < -0.4 is 11.2 Å². The number of hydrogen-bond acceptors (Lipinski definition) is 6. The van der Waals surface area contributed by atoms with Gasteiger partial charge in [-0.15, -0.1) is 0 Å². The Balaban J connectivity index is 2.18. The maximum Gasteiger partial charge on any atom is 0.350 e. The summed E-state index contributed by atoms with van der Waals surface area (Å²) in [5, 5.41) is 10.3. The first-order valence-electron chi connectivity index (χ1n) is 5.96. The SMILES string of the molecule is Cc1cn(C2(O)C[C@@H](OCP(=O)(O)O)CO2)c(=O)[nH]c1=O. The summed E-state index contributed by atoms with van der Waals surface area (Å²) >= 11 is 0. The molecule has 2 heterocycles. The predicted octanol–water partition coefficient (Wildman–Crippen LogP) is -1.61. The van der Waals surface area contributed by atoms with Crippen LogP contribution >= 0.6 is 7.60 Å². The monoisotopic (exact) mass is 322 g/mol. The number of aryl methyl sites for hydroxylation is 1. The van der Waals surface area contributed by atoms with Crippen molar-refractivity contribution in [3.05, 3.63) is 32.6 Å². The lowest BCUT2D eigenvalue weighted by atomic mass is 10.2. The van der Waals surface area contributed by atoms with Crippen molar-refractivity contribution in [2.24, 2.45) is 0 Å². The van der Waals surface area contributed by atoms with Crippen molar-refractivity contribution in [3.8, 4) is 0 Å². The molecule has 1 saturated heterocycles. The molecule has 0 bridgehead atoms. The number of hydrogen-bond donors (Lipinski definition) is 4. The average Bonchev–Trinajstić information content (AvgIpc) is 2.73. The summed E-state index contributed by atoms with van der Waals surface area (Å²) in [6, 6.07) is 0. The van der Waals surface area contributed by atoms with Crippen LogP contribution in [0.15, 0.2) is 15.8 Å². The van der Waals surface area contributed by atoms with Gasteiger partial charge in [-0.3, -0.25) is 14.3 Å². The van der Waals surface area contributed by atoms with Crippen LogP contribution in [0.3, 0.4) is 0 Å². The van der Waals surface area contributed by atoms with Crippen LogP contribution in [0, 0.1) is 6.92 Å². The highest BCUT2D eigenvalue weighted by atomic mass is 31.2. The van der Waals surface area contributed by atoms with Gasteiger partial charge in [0.15, 0.2) is 0 Å². The molecular weight excluding hydrogens is 307 g/mol. The van der Waals surface area contributed by atoms with Crippen LogP contribution in [-0.2, 0) is 19.9 Å². The quantitative estimate of drug-likeness (QED) is 0.483. The van der Waals surface area contributed by atoms with Gasteiger partial charge in [0.25, 0.3) is 11.5 Å². The average molecular weight is 322 g/mol. The molecule has 4 N–H and O–H groups in total. The molecule has 2 rings (SSSR count). The molecule has 0 saturated carbocycles. The Bertz CT molecular complexity index is 691. The van der Waals surface area contributed by atoms with Crippen molar-refractivity contribution >= 4 is 7.60 Å². The number of rotatable bonds is 4. The zero-order valence-corrected chi connectivity index (χ0v) is 11.9. The van der Waals surface area contributed by atoms with Crippen LogP contribution in [0.2, 0.25) is 0 Å². The highest BCUT2D eigenvalue weighted by molar-refractivity contribution is 7.51. The van der Waals surface area contributed by atoms with E-state index in [9.17, 15) is 19.3 Å². The fourth-order valence-electron chi connectivity index (χ4n) is 1.94. The number of aliphatic hydroxyl groups is 1. The van der Waals surface area contributed by atoms with Gasteiger partial charge < -0.3 is 24.4 Å². The Kier molecular flexibility index (Phi) is 4.20. The van der Waals surface area contributed by atoms with Gasteiger partial charge in [0, 0.05) is 11.8 Å². The van der Waals surface area contributed by atoms with E-state index in [0.29, 0.717) is 0 Å². The largest absolute Gasteiger partial charge is 0.363 e. The molecule has 1 aromatic rings. The summed E-state index contributed by atoms with van der Waals surface area (Å²) < 4.78 is 21.6. The van der Waals surface area contributed by atoms with E-state index < -0.39 is 37.2 Å². The molecule has 1 unspecified atom stereocenters. The number of ether oxygens (including phenoxy) is 2. The molecule has 1 fully saturated rings. The smallest absolute Gasteiger partial charge is 0.350 e. The Morgan fingerprint density at radius 3 is 2.86 bits per heavy atom. The van der Waals surface area contributed by atoms with Crippen molar-refractivity contribution in [1.29, 1.82) is 0 Å². The van der Waals surface area contributed by atoms with Crippen LogP contribution in [0.5, 0.6) is 0 Å². The lowest BCUT2D eigenvalue weighted by Gasteiger charge is -2.23. The predicted molar refractivity (Wildman–Crippen MR) is 68.6 cm³/mol. The first-order valence-corrected chi connectivity index (χ1v) is 7.76. The van der Waals surface area contributed by atoms with Crippen LogP contribution in [0.1, 0.15) is 12.0 Å². The molecular formula is C10H15N2O8P. The van der Waals surface area contributed by atoms with Gasteiger partial charge in [-0.05, 0) is 6.92 Å². The first kappa shape index (κ1) is 16.1. The van der Waals surface area contributed by atoms with Gasteiger partial charge in [0.1, 0.15) is 6.35 Å². The molecule has 0 spiro atoms. The summed E-state index contributed by atoms with van der Waals surface area (Å²) in [4.78, 5) is 42.5. The highest BCUT2D eigenvalue weighted by Gasteiger charge is 2.42. The molecule has 2 atom stereocenters. The molecule has 118 valence electrons. The van der Waals surface area contributed by atoms with E-state index in [4.69, 9.17) is 19.3 Å². The van der Waals surface area contributed by atoms with E-state index in [-0.39, 0.29) is 18.6 Å². The molecule has 11 heteroatoms. The van der Waals surface area contributed by atoms with Gasteiger partial charge >= 0.3 is 13.3 Å². The normalized spacial score (nSPS) is 26.2. The fourth-order valence-corrected chi connectivity index (χ4v) is 2.35. The van der Waals surface area contributed by atoms with Crippen LogP contribution in [-0.4, -0.2) is 43.5 Å². The zero-order valence-electron chi connectivity index (χ0n) is 11.1. The summed E-state index contributed by atoms with van der Waals surface area (Å²) in [7, 11) is -4.33. The van der Waals surface area contributed by atoms with Gasteiger partial charge in [-0.1, -0.05) is 0 Å². The molecule has 0 aromatic carbocycles. The number of nitrogens with one attached hydrogen (secondary N) is 1. The molecule has 1 aromatic heterocycles. The summed E-state index contributed by atoms with van der Waals surface area (Å²) in [6.07, 6.45) is -0.663. The molecule has 0 aliphatic carbocycles. The van der Waals surface area contributed by atoms with Gasteiger partial charge in [0.05, 0.1) is 19.1 Å². The number of aromatic amines is 1. The second-order valence-corrected chi connectivity index (χ2v) is 6.37. The van der Waals surface area contributed by atoms with Crippen LogP contribution in [0.25, 0.3) is 0 Å². The third-order valence-electron chi connectivity index (χ3n) is 2.97. The summed E-state index contributed by atoms with van der Waals surface area (Å²) in [5.74, 6) is -2.04. The Hall–Kier alpha value is -1.29. The van der Waals surface area contributed by atoms with E-state index in [1.807, 2.05) is 4.98 Å². The van der Waals surface area contributed by atoms with Gasteiger partial charge in [0.2, 0.25) is 0 Å². The number of aromatic nitrogens is 2. The molecule has 10 nitrogen and oxygen atoms in total. The maximum atomic E-state index is 11.7. The Labute approximate surface area is 118 Å². The topological polar surface area (TPSA) is 151 Å². The van der Waals surface area contributed by atoms with Crippen molar-refractivity contribution in [2.45, 2.75) is 25.4 Å². The molecule has 21 heavy (non-hydrogen) atoms. The maximum absolute atomic E-state index is 11.7. The van der Waals surface area contributed by atoms with E-state index in [1.165, 1.54) is 6.92 Å². The standard InChI is InChI=1S/C10H15N2O8P/c1-6-3-12(9(14)11-8(6)13)10(15)2-7(4-20-10)19-5-21(16,17)18/h3,7,15H,2,4-5H2,1H3,(H,11,13,14)(H2,16,17,18)/t7-,10?/m1/s1. The lowest BCUT2D eigenvalue weighted by molar-refractivity contribution is -0.237. The van der Waals surface area contributed by atoms with Crippen molar-refractivity contribution < 1.29 is 28.9 Å². The van der Waals surface area contributed by atoms with Gasteiger partial charge in [-0.25, -0.2) is 9.36 Å². The number of H-pyrrole nitrogens is 1. The highest BCUT2D eigenvalue weighted by Crippen LogP contribution is 2.37. The van der Waals surface area contributed by atoms with Crippen molar-refractivity contribution in [2.75, 3.05) is 13.0 Å². The fraction of sp³-hybridized carbons (Fsp3) is 0.600. The van der Waals surface area contributed by atoms with Gasteiger partial charge in [-0.2, -0.15) is 0 Å². The van der Waals surface area contributed by atoms with Crippen molar-refractivity contribution in [1.82, 2.24) is 9.55 Å². The summed E-state index contributed by atoms with van der Waals surface area (Å²) in [6.45, 7) is 1.30. The van der Waals surface area contributed by atoms with E-state index in [0.717, 1.165) is 10.8 Å². The first-order chi connectivity index (χ1) is 9.61. The number of nitrogens with zero attached hydrogens (tertiary/aromatic N) is 1. The van der Waals surface area contributed by atoms with E-state index in [2.05, 4.69) is 0 Å². The third-order valence-corrected chi connectivity index (χ3v) is 3.45.